The maximum Gasteiger partial charge on any atom is 0.325 e. The molecule has 1 aliphatic carbocycles. The largest absolute Gasteiger partial charge is 0.480 e. The van der Waals surface area contributed by atoms with Crippen LogP contribution in [0.2, 0.25) is 0 Å². The molecule has 0 radical (unpaired) electrons. The highest BCUT2D eigenvalue weighted by atomic mass is 32.2. The van der Waals surface area contributed by atoms with E-state index in [1.807, 2.05) is 0 Å². The molecule has 1 heterocycles. The van der Waals surface area contributed by atoms with Crippen LogP contribution in [0, 0.1) is 6.92 Å². The summed E-state index contributed by atoms with van der Waals surface area (Å²) in [5.74, 6) is -1.16. The second-order valence-electron chi connectivity index (χ2n) is 5.27. The lowest BCUT2D eigenvalue weighted by molar-refractivity contribution is -0.162. The highest BCUT2D eigenvalue weighted by Gasteiger charge is 2.57. The van der Waals surface area contributed by atoms with Crippen molar-refractivity contribution in [2.45, 2.75) is 36.3 Å². The van der Waals surface area contributed by atoms with Crippen LogP contribution in [-0.4, -0.2) is 54.6 Å². The summed E-state index contributed by atoms with van der Waals surface area (Å²) in [4.78, 5) is 15.4. The number of likely N-dealkylation sites (N-methyl/N-ethyl adjacent to an activating group) is 1. The Hall–Kier alpha value is -1.51. The first-order valence-electron chi connectivity index (χ1n) is 6.41. The number of carboxylic acid groups (broad SMARTS) is 1. The minimum absolute atomic E-state index is 0.00788. The van der Waals surface area contributed by atoms with Crippen molar-refractivity contribution in [1.29, 1.82) is 0 Å². The van der Waals surface area contributed by atoms with E-state index in [1.165, 1.54) is 32.6 Å². The number of ether oxygens (including phenoxy) is 1. The van der Waals surface area contributed by atoms with E-state index < -0.39 is 21.5 Å². The Bertz CT molecular complexity index is 652. The number of nitrogens with zero attached hydrogens (tertiary/aromatic N) is 2. The Kier molecular flexibility index (Phi) is 4.05. The van der Waals surface area contributed by atoms with Crippen LogP contribution < -0.4 is 0 Å². The Balaban J connectivity index is 2.38. The molecule has 21 heavy (non-hydrogen) atoms. The van der Waals surface area contributed by atoms with Crippen molar-refractivity contribution in [2.75, 3.05) is 14.2 Å². The molecule has 1 fully saturated rings. The number of sulfonamides is 1. The summed E-state index contributed by atoms with van der Waals surface area (Å²) in [6.45, 7) is 1.73. The van der Waals surface area contributed by atoms with Gasteiger partial charge in [-0.05, 0) is 18.6 Å². The number of carbonyl (C=O) groups is 1. The van der Waals surface area contributed by atoms with Crippen LogP contribution in [0.25, 0.3) is 0 Å². The van der Waals surface area contributed by atoms with Gasteiger partial charge < -0.3 is 9.84 Å². The molecule has 1 saturated carbocycles. The predicted octanol–water partition coefficient (Wildman–Crippen LogP) is 0.643. The topological polar surface area (TPSA) is 96.8 Å². The van der Waals surface area contributed by atoms with Gasteiger partial charge in [-0.3, -0.25) is 9.78 Å². The first-order valence-corrected chi connectivity index (χ1v) is 7.85. The van der Waals surface area contributed by atoms with Gasteiger partial charge in [-0.1, -0.05) is 0 Å². The summed E-state index contributed by atoms with van der Waals surface area (Å²) in [5, 5.41) is 9.46. The normalized spacial score (nSPS) is 25.6. The Labute approximate surface area is 123 Å². The lowest BCUT2D eigenvalue weighted by Crippen LogP contribution is -2.64. The maximum atomic E-state index is 12.6. The monoisotopic (exact) mass is 314 g/mol. The maximum absolute atomic E-state index is 12.6. The number of pyridine rings is 1. The molecule has 7 nitrogen and oxygen atoms in total. The molecule has 2 rings (SSSR count). The van der Waals surface area contributed by atoms with Crippen LogP contribution in [0.15, 0.2) is 23.4 Å². The van der Waals surface area contributed by atoms with Crippen LogP contribution in [0.4, 0.5) is 0 Å². The summed E-state index contributed by atoms with van der Waals surface area (Å²) in [6.07, 6.45) is 2.79. The van der Waals surface area contributed by atoms with Crippen molar-refractivity contribution in [3.63, 3.8) is 0 Å². The zero-order valence-corrected chi connectivity index (χ0v) is 12.9. The predicted molar refractivity (Wildman–Crippen MR) is 74.3 cm³/mol. The number of carboxylic acids is 1. The van der Waals surface area contributed by atoms with Gasteiger partial charge in [0.15, 0.2) is 0 Å². The van der Waals surface area contributed by atoms with E-state index in [2.05, 4.69) is 4.98 Å². The molecule has 8 heteroatoms. The third-order valence-corrected chi connectivity index (χ3v) is 5.86. The van der Waals surface area contributed by atoms with Crippen LogP contribution in [-0.2, 0) is 19.6 Å². The van der Waals surface area contributed by atoms with Gasteiger partial charge in [0.1, 0.15) is 10.4 Å². The molecule has 1 aliphatic rings. The van der Waals surface area contributed by atoms with E-state index in [-0.39, 0.29) is 23.8 Å². The fourth-order valence-corrected chi connectivity index (χ4v) is 4.02. The van der Waals surface area contributed by atoms with E-state index in [9.17, 15) is 18.3 Å². The average molecular weight is 314 g/mol. The van der Waals surface area contributed by atoms with Crippen LogP contribution in [0.5, 0.6) is 0 Å². The molecule has 0 saturated heterocycles. The minimum Gasteiger partial charge on any atom is -0.480 e. The van der Waals surface area contributed by atoms with Gasteiger partial charge >= 0.3 is 5.97 Å². The number of aliphatic carboxylic acids is 1. The van der Waals surface area contributed by atoms with E-state index in [4.69, 9.17) is 4.74 Å². The van der Waals surface area contributed by atoms with Gasteiger partial charge in [-0.15, -0.1) is 0 Å². The van der Waals surface area contributed by atoms with E-state index in [0.717, 1.165) is 4.31 Å². The summed E-state index contributed by atoms with van der Waals surface area (Å²) < 4.78 is 31.2. The minimum atomic E-state index is -3.92. The number of hydrogen-bond donors (Lipinski definition) is 1. The quantitative estimate of drug-likeness (QED) is 0.857. The van der Waals surface area contributed by atoms with Crippen LogP contribution >= 0.6 is 0 Å². The SMILES string of the molecule is COC1CC(C(=O)O)(N(C)S(=O)(=O)c2cncc(C)c2)C1. The second-order valence-corrected chi connectivity index (χ2v) is 7.24. The van der Waals surface area contributed by atoms with Crippen molar-refractivity contribution in [3.8, 4) is 0 Å². The molecule has 0 aliphatic heterocycles. The van der Waals surface area contributed by atoms with Crippen LogP contribution in [0.3, 0.4) is 0 Å². The molecule has 0 aromatic carbocycles. The lowest BCUT2D eigenvalue weighted by Gasteiger charge is -2.47. The van der Waals surface area contributed by atoms with Gasteiger partial charge in [-0.25, -0.2) is 8.42 Å². The van der Waals surface area contributed by atoms with Crippen molar-refractivity contribution in [2.24, 2.45) is 0 Å². The number of hydrogen-bond acceptors (Lipinski definition) is 5. The zero-order chi connectivity index (χ0) is 15.8. The first-order chi connectivity index (χ1) is 9.74. The Morgan fingerprint density at radius 2 is 2.10 bits per heavy atom. The lowest BCUT2D eigenvalue weighted by atomic mass is 9.74. The van der Waals surface area contributed by atoms with E-state index >= 15 is 0 Å². The molecule has 0 spiro atoms. The van der Waals surface area contributed by atoms with E-state index in [1.54, 1.807) is 6.92 Å². The Morgan fingerprint density at radius 1 is 1.48 bits per heavy atom. The molecule has 1 aromatic heterocycles. The smallest absolute Gasteiger partial charge is 0.325 e. The van der Waals surface area contributed by atoms with Gasteiger partial charge in [-0.2, -0.15) is 4.31 Å². The van der Waals surface area contributed by atoms with Crippen molar-refractivity contribution in [1.82, 2.24) is 9.29 Å². The van der Waals surface area contributed by atoms with Crippen molar-refractivity contribution < 1.29 is 23.1 Å². The molecule has 0 atom stereocenters. The van der Waals surface area contributed by atoms with Crippen molar-refractivity contribution in [3.05, 3.63) is 24.0 Å². The van der Waals surface area contributed by atoms with E-state index in [0.29, 0.717) is 5.56 Å². The highest BCUT2D eigenvalue weighted by Crippen LogP contribution is 2.41. The Morgan fingerprint density at radius 3 is 2.57 bits per heavy atom. The second kappa shape index (κ2) is 5.36. The average Bonchev–Trinajstić information content (AvgIpc) is 2.37. The summed E-state index contributed by atoms with van der Waals surface area (Å²) in [6, 6.07) is 1.47. The van der Waals surface area contributed by atoms with Gasteiger partial charge in [0.25, 0.3) is 0 Å². The number of aromatic nitrogens is 1. The first kappa shape index (κ1) is 15.9. The van der Waals surface area contributed by atoms with Gasteiger partial charge in [0, 0.05) is 39.4 Å². The number of rotatable bonds is 5. The van der Waals surface area contributed by atoms with Crippen molar-refractivity contribution >= 4 is 16.0 Å². The van der Waals surface area contributed by atoms with Crippen LogP contribution in [0.1, 0.15) is 18.4 Å². The summed E-state index contributed by atoms with van der Waals surface area (Å²) >= 11 is 0. The molecular formula is C13H18N2O5S. The van der Waals surface area contributed by atoms with Gasteiger partial charge in [0.05, 0.1) is 6.10 Å². The highest BCUT2D eigenvalue weighted by molar-refractivity contribution is 7.89. The molecule has 0 bridgehead atoms. The summed E-state index contributed by atoms with van der Waals surface area (Å²) in [7, 11) is -1.15. The standard InChI is InChI=1S/C13H18N2O5S/c1-9-4-11(8-14-7-9)21(18,19)15(2)13(12(16)17)5-10(6-13)20-3/h4,7-8,10H,5-6H2,1-3H3,(H,16,17). The fraction of sp³-hybridized carbons (Fsp3) is 0.538. The number of aryl methyl sites for hydroxylation is 1. The molecule has 116 valence electrons. The molecular weight excluding hydrogens is 296 g/mol. The van der Waals surface area contributed by atoms with Gasteiger partial charge in [0.2, 0.25) is 10.0 Å². The third-order valence-electron chi connectivity index (χ3n) is 3.97. The molecule has 0 unspecified atom stereocenters. The third kappa shape index (κ3) is 2.54. The zero-order valence-electron chi connectivity index (χ0n) is 12.1. The molecule has 1 aromatic rings. The molecule has 0 amide bonds. The number of methoxy groups -OCH3 is 1. The summed E-state index contributed by atoms with van der Waals surface area (Å²) in [5.41, 5.74) is -0.763. The fourth-order valence-electron chi connectivity index (χ4n) is 2.48. The molecule has 1 N–H and O–H groups in total.